The minimum absolute atomic E-state index is 0.432. The summed E-state index contributed by atoms with van der Waals surface area (Å²) in [7, 11) is -9.36. The standard InChI is InChI=1S/C17H14F6N2O4S2/c1-9-8-24(30(26,27)12-4-2-10(18)14(20)16(12)22)6-7-25(9)31(28,29)13-5-3-11(19)15(21)17(13)23/h2-5,9H,6-8H2,1H3. The van der Waals surface area contributed by atoms with E-state index < -0.39 is 90.4 Å². The number of halogens is 6. The van der Waals surface area contributed by atoms with E-state index in [0.717, 1.165) is 0 Å². The molecular weight excluding hydrogens is 474 g/mol. The molecule has 31 heavy (non-hydrogen) atoms. The van der Waals surface area contributed by atoms with Gasteiger partial charge < -0.3 is 0 Å². The summed E-state index contributed by atoms with van der Waals surface area (Å²) in [6.45, 7) is -0.397. The van der Waals surface area contributed by atoms with Crippen LogP contribution in [0.4, 0.5) is 26.3 Å². The molecule has 170 valence electrons. The van der Waals surface area contributed by atoms with Gasteiger partial charge in [-0.05, 0) is 31.2 Å². The largest absolute Gasteiger partial charge is 0.246 e. The predicted octanol–water partition coefficient (Wildman–Crippen LogP) is 2.60. The van der Waals surface area contributed by atoms with Crippen LogP contribution in [0.25, 0.3) is 0 Å². The van der Waals surface area contributed by atoms with Crippen LogP contribution in [-0.2, 0) is 20.0 Å². The maximum atomic E-state index is 14.0. The average molecular weight is 488 g/mol. The van der Waals surface area contributed by atoms with Crippen molar-refractivity contribution in [2.75, 3.05) is 19.6 Å². The molecule has 0 N–H and O–H groups in total. The highest BCUT2D eigenvalue weighted by molar-refractivity contribution is 7.89. The zero-order valence-electron chi connectivity index (χ0n) is 15.6. The summed E-state index contributed by atoms with van der Waals surface area (Å²) in [5, 5.41) is 0. The number of hydrogen-bond donors (Lipinski definition) is 0. The lowest BCUT2D eigenvalue weighted by molar-refractivity contribution is 0.211. The minimum atomic E-state index is -4.69. The minimum Gasteiger partial charge on any atom is -0.207 e. The van der Waals surface area contributed by atoms with Gasteiger partial charge in [-0.2, -0.15) is 8.61 Å². The Kier molecular flexibility index (Phi) is 6.12. The molecule has 1 aliphatic heterocycles. The number of hydrogen-bond acceptors (Lipinski definition) is 4. The third-order valence-electron chi connectivity index (χ3n) is 4.73. The van der Waals surface area contributed by atoms with Crippen molar-refractivity contribution in [2.24, 2.45) is 0 Å². The number of rotatable bonds is 4. The fourth-order valence-electron chi connectivity index (χ4n) is 3.16. The number of piperazine rings is 1. The van der Waals surface area contributed by atoms with Gasteiger partial charge in [-0.25, -0.2) is 43.2 Å². The van der Waals surface area contributed by atoms with Crippen molar-refractivity contribution < 1.29 is 43.2 Å². The van der Waals surface area contributed by atoms with E-state index in [9.17, 15) is 43.2 Å². The van der Waals surface area contributed by atoms with Gasteiger partial charge in [-0.15, -0.1) is 0 Å². The predicted molar refractivity (Wildman–Crippen MR) is 94.7 cm³/mol. The first kappa shape index (κ1) is 23.5. The molecule has 1 atom stereocenters. The third kappa shape index (κ3) is 3.92. The fourth-order valence-corrected chi connectivity index (χ4v) is 6.40. The second-order valence-electron chi connectivity index (χ2n) is 6.67. The van der Waals surface area contributed by atoms with E-state index in [2.05, 4.69) is 0 Å². The highest BCUT2D eigenvalue weighted by atomic mass is 32.2. The maximum absolute atomic E-state index is 14.0. The Morgan fingerprint density at radius 2 is 1.16 bits per heavy atom. The molecule has 1 aliphatic rings. The van der Waals surface area contributed by atoms with Crippen molar-refractivity contribution in [1.29, 1.82) is 0 Å². The lowest BCUT2D eigenvalue weighted by Crippen LogP contribution is -2.55. The Balaban J connectivity index is 1.91. The Morgan fingerprint density at radius 1 is 0.710 bits per heavy atom. The zero-order valence-corrected chi connectivity index (χ0v) is 17.3. The van der Waals surface area contributed by atoms with Gasteiger partial charge in [-0.1, -0.05) is 0 Å². The summed E-state index contributed by atoms with van der Waals surface area (Å²) in [6, 6.07) is 0.793. The highest BCUT2D eigenvalue weighted by Gasteiger charge is 2.40. The molecule has 14 heteroatoms. The Morgan fingerprint density at radius 3 is 1.61 bits per heavy atom. The van der Waals surface area contributed by atoms with E-state index in [-0.39, 0.29) is 0 Å². The Labute approximate surface area is 173 Å². The summed E-state index contributed by atoms with van der Waals surface area (Å²) in [5.74, 6) is -11.0. The van der Waals surface area contributed by atoms with E-state index in [1.165, 1.54) is 6.92 Å². The molecule has 6 nitrogen and oxygen atoms in total. The molecule has 0 saturated carbocycles. The summed E-state index contributed by atoms with van der Waals surface area (Å²) < 4.78 is 133. The van der Waals surface area contributed by atoms with Crippen LogP contribution in [-0.4, -0.2) is 51.1 Å². The van der Waals surface area contributed by atoms with Gasteiger partial charge in [0, 0.05) is 25.7 Å². The molecule has 1 heterocycles. The molecule has 1 unspecified atom stereocenters. The second kappa shape index (κ2) is 8.07. The van der Waals surface area contributed by atoms with Crippen molar-refractivity contribution in [1.82, 2.24) is 8.61 Å². The molecular formula is C17H14F6N2O4S2. The van der Waals surface area contributed by atoms with Crippen LogP contribution in [0.15, 0.2) is 34.1 Å². The lowest BCUT2D eigenvalue weighted by atomic mass is 10.3. The first-order valence-electron chi connectivity index (χ1n) is 8.59. The number of benzene rings is 2. The molecule has 0 aliphatic carbocycles. The van der Waals surface area contributed by atoms with Gasteiger partial charge >= 0.3 is 0 Å². The number of nitrogens with zero attached hydrogens (tertiary/aromatic N) is 2. The van der Waals surface area contributed by atoms with Crippen molar-refractivity contribution >= 4 is 20.0 Å². The van der Waals surface area contributed by atoms with Crippen molar-refractivity contribution in [3.8, 4) is 0 Å². The molecule has 2 aromatic rings. The monoisotopic (exact) mass is 488 g/mol. The summed E-state index contributed by atoms with van der Waals surface area (Å²) >= 11 is 0. The van der Waals surface area contributed by atoms with Crippen LogP contribution in [0.2, 0.25) is 0 Å². The van der Waals surface area contributed by atoms with E-state index >= 15 is 0 Å². The van der Waals surface area contributed by atoms with E-state index in [0.29, 0.717) is 32.9 Å². The molecule has 3 rings (SSSR count). The highest BCUT2D eigenvalue weighted by Crippen LogP contribution is 2.29. The molecule has 1 saturated heterocycles. The molecule has 0 radical (unpaired) electrons. The quantitative estimate of drug-likeness (QED) is 0.490. The van der Waals surface area contributed by atoms with E-state index in [1.54, 1.807) is 0 Å². The third-order valence-corrected chi connectivity index (χ3v) is 8.65. The van der Waals surface area contributed by atoms with Crippen LogP contribution in [0.5, 0.6) is 0 Å². The van der Waals surface area contributed by atoms with E-state index in [4.69, 9.17) is 0 Å². The van der Waals surface area contributed by atoms with Crippen molar-refractivity contribution in [3.63, 3.8) is 0 Å². The Bertz CT molecular complexity index is 1250. The van der Waals surface area contributed by atoms with Gasteiger partial charge in [0.2, 0.25) is 20.0 Å². The van der Waals surface area contributed by atoms with Crippen LogP contribution < -0.4 is 0 Å². The normalized spacial score (nSPS) is 19.0. The summed E-state index contributed by atoms with van der Waals surface area (Å²) in [6.07, 6.45) is 0. The van der Waals surface area contributed by atoms with Crippen LogP contribution in [0.3, 0.4) is 0 Å². The second-order valence-corrected chi connectivity index (χ2v) is 10.4. The summed E-state index contributed by atoms with van der Waals surface area (Å²) in [5.41, 5.74) is 0. The van der Waals surface area contributed by atoms with Crippen LogP contribution in [0, 0.1) is 34.9 Å². The van der Waals surface area contributed by atoms with Gasteiger partial charge in [0.05, 0.1) is 0 Å². The zero-order chi connectivity index (χ0) is 23.3. The van der Waals surface area contributed by atoms with Gasteiger partial charge in [0.25, 0.3) is 0 Å². The Hall–Kier alpha value is -2.16. The molecule has 1 fully saturated rings. The lowest BCUT2D eigenvalue weighted by Gasteiger charge is -2.38. The molecule has 0 amide bonds. The maximum Gasteiger partial charge on any atom is 0.246 e. The number of sulfonamides is 2. The topological polar surface area (TPSA) is 74.8 Å². The van der Waals surface area contributed by atoms with Crippen molar-refractivity contribution in [2.45, 2.75) is 22.8 Å². The van der Waals surface area contributed by atoms with Gasteiger partial charge in [0.15, 0.2) is 34.9 Å². The van der Waals surface area contributed by atoms with Crippen LogP contribution >= 0.6 is 0 Å². The molecule has 2 aromatic carbocycles. The van der Waals surface area contributed by atoms with Crippen molar-refractivity contribution in [3.05, 3.63) is 59.2 Å². The molecule has 0 spiro atoms. The SMILES string of the molecule is CC1CN(S(=O)(=O)c2ccc(F)c(F)c2F)CCN1S(=O)(=O)c1ccc(F)c(F)c1F. The van der Waals surface area contributed by atoms with E-state index in [1.807, 2.05) is 0 Å². The molecule has 0 aromatic heterocycles. The average Bonchev–Trinajstić information content (AvgIpc) is 2.69. The fraction of sp³-hybridized carbons (Fsp3) is 0.294. The summed E-state index contributed by atoms with van der Waals surface area (Å²) in [4.78, 5) is -2.28. The van der Waals surface area contributed by atoms with Gasteiger partial charge in [-0.3, -0.25) is 0 Å². The first-order chi connectivity index (χ1) is 14.3. The first-order valence-corrected chi connectivity index (χ1v) is 11.5. The van der Waals surface area contributed by atoms with Crippen LogP contribution in [0.1, 0.15) is 6.92 Å². The smallest absolute Gasteiger partial charge is 0.207 e. The molecule has 0 bridgehead atoms. The van der Waals surface area contributed by atoms with Gasteiger partial charge in [0.1, 0.15) is 9.79 Å².